The summed E-state index contributed by atoms with van der Waals surface area (Å²) < 4.78 is 26.9. The Balaban J connectivity index is 2.10. The second-order valence-electron chi connectivity index (χ2n) is 6.79. The molecule has 0 aromatic rings. The van der Waals surface area contributed by atoms with Crippen molar-refractivity contribution in [1.82, 2.24) is 10.2 Å². The molecule has 8 heteroatoms. The first kappa shape index (κ1) is 17.4. The van der Waals surface area contributed by atoms with E-state index in [0.29, 0.717) is 19.5 Å². The van der Waals surface area contributed by atoms with Crippen LogP contribution in [0.1, 0.15) is 32.6 Å². The number of nitrogens with two attached hydrogens (primary N) is 1. The van der Waals surface area contributed by atoms with E-state index in [4.69, 9.17) is 11.0 Å². The van der Waals surface area contributed by atoms with Gasteiger partial charge in [-0.25, -0.2) is 13.6 Å². The summed E-state index contributed by atoms with van der Waals surface area (Å²) >= 11 is 0. The number of nitriles is 1. The molecule has 0 aromatic heterocycles. The quantitative estimate of drug-likeness (QED) is 0.747. The van der Waals surface area contributed by atoms with Gasteiger partial charge in [0.25, 0.3) is 0 Å². The lowest BCUT2D eigenvalue weighted by Gasteiger charge is -2.34. The van der Waals surface area contributed by atoms with Gasteiger partial charge in [-0.05, 0) is 37.5 Å². The molecular weight excluding hydrogens is 306 g/mol. The van der Waals surface area contributed by atoms with Crippen molar-refractivity contribution in [3.63, 3.8) is 0 Å². The third-order valence-corrected chi connectivity index (χ3v) is 4.92. The Morgan fingerprint density at radius 3 is 2.83 bits per heavy atom. The summed E-state index contributed by atoms with van der Waals surface area (Å²) in [5, 5.41) is 10.9. The number of likely N-dealkylation sites (tertiary alicyclic amines) is 1. The second kappa shape index (κ2) is 6.30. The standard InChI is InChI=1S/C15H22F2N4O2/c1-14(16,17)7-10(12(22)20-5-4-18)11-8-15(11)3-2-6-21(9-15)13(19)23/h10-11H,2-3,5-9H2,1H3,(H2,19,23)(H,20,22)/t10-,11?,15?/m0/s1. The molecule has 3 amide bonds. The van der Waals surface area contributed by atoms with Gasteiger partial charge in [0.1, 0.15) is 6.54 Å². The Bertz CT molecular complexity index is 529. The van der Waals surface area contributed by atoms with Crippen LogP contribution in [0.5, 0.6) is 0 Å². The molecule has 23 heavy (non-hydrogen) atoms. The zero-order valence-electron chi connectivity index (χ0n) is 13.1. The molecule has 1 aliphatic carbocycles. The number of alkyl halides is 2. The number of carbonyl (C=O) groups excluding carboxylic acids is 2. The number of nitrogens with one attached hydrogen (secondary N) is 1. The van der Waals surface area contributed by atoms with E-state index in [1.165, 1.54) is 4.90 Å². The van der Waals surface area contributed by atoms with Crippen LogP contribution in [0, 0.1) is 28.6 Å². The third kappa shape index (κ3) is 4.09. The van der Waals surface area contributed by atoms with E-state index >= 15 is 0 Å². The SMILES string of the molecule is CC(F)(F)C[C@H](C(=O)NCC#N)C1CC12CCCN(C(N)=O)C2. The largest absolute Gasteiger partial charge is 0.351 e. The molecule has 6 nitrogen and oxygen atoms in total. The van der Waals surface area contributed by atoms with Crippen molar-refractivity contribution in [3.8, 4) is 6.07 Å². The highest BCUT2D eigenvalue weighted by Gasteiger charge is 2.61. The number of nitrogens with zero attached hydrogens (tertiary/aromatic N) is 2. The summed E-state index contributed by atoms with van der Waals surface area (Å²) in [5.74, 6) is -4.52. The molecule has 3 N–H and O–H groups in total. The van der Waals surface area contributed by atoms with Gasteiger partial charge in [0.15, 0.2) is 0 Å². The van der Waals surface area contributed by atoms with E-state index < -0.39 is 30.2 Å². The van der Waals surface area contributed by atoms with Crippen LogP contribution in [0.2, 0.25) is 0 Å². The smallest absolute Gasteiger partial charge is 0.314 e. The first-order valence-corrected chi connectivity index (χ1v) is 7.75. The van der Waals surface area contributed by atoms with Crippen LogP contribution in [-0.4, -0.2) is 42.4 Å². The van der Waals surface area contributed by atoms with Gasteiger partial charge in [0.2, 0.25) is 11.8 Å². The first-order chi connectivity index (χ1) is 10.7. The van der Waals surface area contributed by atoms with Gasteiger partial charge in [-0.3, -0.25) is 4.79 Å². The number of rotatable bonds is 5. The van der Waals surface area contributed by atoms with E-state index in [2.05, 4.69) is 5.32 Å². The molecule has 2 fully saturated rings. The van der Waals surface area contributed by atoms with E-state index in [1.807, 2.05) is 0 Å². The van der Waals surface area contributed by atoms with Crippen molar-refractivity contribution >= 4 is 11.9 Å². The summed E-state index contributed by atoms with van der Waals surface area (Å²) in [6, 6.07) is 1.27. The van der Waals surface area contributed by atoms with Crippen LogP contribution < -0.4 is 11.1 Å². The molecule has 2 aliphatic rings. The summed E-state index contributed by atoms with van der Waals surface area (Å²) in [6.45, 7) is 1.59. The number of urea groups is 1. The van der Waals surface area contributed by atoms with Gasteiger partial charge in [0, 0.05) is 25.4 Å². The number of piperidine rings is 1. The number of hydrogen-bond acceptors (Lipinski definition) is 3. The molecule has 0 bridgehead atoms. The number of halogens is 2. The van der Waals surface area contributed by atoms with Crippen molar-refractivity contribution in [2.45, 2.75) is 38.5 Å². The highest BCUT2D eigenvalue weighted by Crippen LogP contribution is 2.62. The van der Waals surface area contributed by atoms with Crippen LogP contribution in [0.4, 0.5) is 13.6 Å². The molecular formula is C15H22F2N4O2. The van der Waals surface area contributed by atoms with Gasteiger partial charge >= 0.3 is 6.03 Å². The fourth-order valence-electron chi connectivity index (χ4n) is 3.83. The molecule has 2 unspecified atom stereocenters. The van der Waals surface area contributed by atoms with E-state index in [1.54, 1.807) is 6.07 Å². The summed E-state index contributed by atoms with van der Waals surface area (Å²) in [5.41, 5.74) is 5.03. The summed E-state index contributed by atoms with van der Waals surface area (Å²) in [4.78, 5) is 25.1. The maximum atomic E-state index is 13.5. The minimum atomic E-state index is -2.96. The molecule has 1 heterocycles. The Morgan fingerprint density at radius 2 is 2.26 bits per heavy atom. The molecule has 3 atom stereocenters. The molecule has 128 valence electrons. The van der Waals surface area contributed by atoms with Crippen LogP contribution in [0.3, 0.4) is 0 Å². The predicted octanol–water partition coefficient (Wildman–Crippen LogP) is 1.47. The lowest BCUT2D eigenvalue weighted by Crippen LogP contribution is -2.45. The van der Waals surface area contributed by atoms with E-state index in [-0.39, 0.29) is 17.9 Å². The Hall–Kier alpha value is -1.91. The highest BCUT2D eigenvalue weighted by atomic mass is 19.3. The Morgan fingerprint density at radius 1 is 1.57 bits per heavy atom. The average molecular weight is 328 g/mol. The Labute approximate surface area is 134 Å². The minimum absolute atomic E-state index is 0.197. The van der Waals surface area contributed by atoms with Crippen LogP contribution in [0.25, 0.3) is 0 Å². The van der Waals surface area contributed by atoms with Gasteiger partial charge in [-0.1, -0.05) is 0 Å². The topological polar surface area (TPSA) is 99.2 Å². The van der Waals surface area contributed by atoms with Crippen molar-refractivity contribution in [2.75, 3.05) is 19.6 Å². The molecule has 1 saturated carbocycles. The third-order valence-electron chi connectivity index (χ3n) is 4.92. The number of primary amides is 1. The van der Waals surface area contributed by atoms with E-state index in [9.17, 15) is 18.4 Å². The lowest BCUT2D eigenvalue weighted by molar-refractivity contribution is -0.129. The average Bonchev–Trinajstić information content (AvgIpc) is 3.14. The predicted molar refractivity (Wildman–Crippen MR) is 78.3 cm³/mol. The second-order valence-corrected chi connectivity index (χ2v) is 6.79. The van der Waals surface area contributed by atoms with Gasteiger partial charge in [-0.15, -0.1) is 0 Å². The van der Waals surface area contributed by atoms with Gasteiger partial charge in [0.05, 0.1) is 6.07 Å². The summed E-state index contributed by atoms with van der Waals surface area (Å²) in [6.07, 6.45) is 1.65. The number of carbonyl (C=O) groups is 2. The zero-order chi connectivity index (χ0) is 17.3. The summed E-state index contributed by atoms with van der Waals surface area (Å²) in [7, 11) is 0. The van der Waals surface area contributed by atoms with Crippen molar-refractivity contribution in [1.29, 1.82) is 5.26 Å². The molecule has 1 saturated heterocycles. The normalized spacial score (nSPS) is 28.1. The van der Waals surface area contributed by atoms with Crippen molar-refractivity contribution < 1.29 is 18.4 Å². The van der Waals surface area contributed by atoms with Crippen molar-refractivity contribution in [3.05, 3.63) is 0 Å². The fraction of sp³-hybridized carbons (Fsp3) is 0.800. The number of amides is 3. The lowest BCUT2D eigenvalue weighted by atomic mass is 9.85. The van der Waals surface area contributed by atoms with Crippen LogP contribution in [-0.2, 0) is 4.79 Å². The molecule has 1 spiro atoms. The molecule has 0 radical (unpaired) electrons. The maximum Gasteiger partial charge on any atom is 0.314 e. The maximum absolute atomic E-state index is 13.5. The highest BCUT2D eigenvalue weighted by molar-refractivity contribution is 5.80. The van der Waals surface area contributed by atoms with Crippen LogP contribution in [0.15, 0.2) is 0 Å². The fourth-order valence-corrected chi connectivity index (χ4v) is 3.83. The van der Waals surface area contributed by atoms with Gasteiger partial charge in [-0.2, -0.15) is 5.26 Å². The van der Waals surface area contributed by atoms with Gasteiger partial charge < -0.3 is 16.0 Å². The molecule has 1 aliphatic heterocycles. The zero-order valence-corrected chi connectivity index (χ0v) is 13.1. The van der Waals surface area contributed by atoms with E-state index in [0.717, 1.165) is 19.8 Å². The number of hydrogen-bond donors (Lipinski definition) is 2. The molecule has 0 aromatic carbocycles. The molecule has 2 rings (SSSR count). The van der Waals surface area contributed by atoms with Crippen molar-refractivity contribution in [2.24, 2.45) is 23.0 Å². The monoisotopic (exact) mass is 328 g/mol. The first-order valence-electron chi connectivity index (χ1n) is 7.75. The Kier molecular flexibility index (Phi) is 4.78. The minimum Gasteiger partial charge on any atom is -0.351 e. The van der Waals surface area contributed by atoms with Crippen LogP contribution >= 0.6 is 0 Å².